The second kappa shape index (κ2) is 9.82. The van der Waals surface area contributed by atoms with Crippen LogP contribution >= 0.6 is 0 Å². The second-order valence-corrected chi connectivity index (χ2v) is 8.68. The maximum Gasteiger partial charge on any atom is 0.138 e. The summed E-state index contributed by atoms with van der Waals surface area (Å²) in [5.41, 5.74) is 8.05. The van der Waals surface area contributed by atoms with Crippen molar-refractivity contribution in [1.82, 2.24) is 0 Å². The van der Waals surface area contributed by atoms with E-state index >= 15 is 0 Å². The van der Waals surface area contributed by atoms with Crippen molar-refractivity contribution < 1.29 is 4.74 Å². The van der Waals surface area contributed by atoms with Gasteiger partial charge in [0.05, 0.1) is 12.8 Å². The second-order valence-electron chi connectivity index (χ2n) is 8.68. The highest BCUT2D eigenvalue weighted by molar-refractivity contribution is 6.10. The molecule has 0 saturated carbocycles. The van der Waals surface area contributed by atoms with Crippen molar-refractivity contribution in [2.45, 2.75) is 53.4 Å². The predicted octanol–water partition coefficient (Wildman–Crippen LogP) is 7.75. The van der Waals surface area contributed by atoms with Crippen LogP contribution < -0.4 is 10.1 Å². The molecule has 0 bridgehead atoms. The number of methoxy groups -OCH3 is 1. The Hall–Kier alpha value is -3.07. The van der Waals surface area contributed by atoms with Gasteiger partial charge >= 0.3 is 0 Å². The Labute approximate surface area is 187 Å². The Morgan fingerprint density at radius 3 is 2.06 bits per heavy atom. The first-order valence-electron chi connectivity index (χ1n) is 11.0. The fourth-order valence-corrected chi connectivity index (χ4v) is 3.81. The number of nitrogens with one attached hydrogen (secondary N) is 1. The van der Waals surface area contributed by atoms with Gasteiger partial charge < -0.3 is 10.1 Å². The maximum atomic E-state index is 5.49. The molecule has 3 heteroatoms. The Balaban J connectivity index is 2.22. The molecule has 0 aliphatic rings. The van der Waals surface area contributed by atoms with E-state index in [9.17, 15) is 0 Å². The van der Waals surface area contributed by atoms with Gasteiger partial charge in [-0.1, -0.05) is 76.2 Å². The molecule has 0 heterocycles. The van der Waals surface area contributed by atoms with E-state index in [1.807, 2.05) is 18.2 Å². The molecule has 31 heavy (non-hydrogen) atoms. The highest BCUT2D eigenvalue weighted by atomic mass is 16.5. The molecule has 0 aliphatic heterocycles. The minimum Gasteiger partial charge on any atom is -0.497 e. The first-order valence-corrected chi connectivity index (χ1v) is 11.0. The zero-order chi connectivity index (χ0) is 22.5. The number of amidine groups is 1. The van der Waals surface area contributed by atoms with Crippen molar-refractivity contribution >= 4 is 17.2 Å². The summed E-state index contributed by atoms with van der Waals surface area (Å²) in [7, 11) is 1.69. The maximum absolute atomic E-state index is 5.49. The van der Waals surface area contributed by atoms with Gasteiger partial charge in [-0.2, -0.15) is 0 Å². The predicted molar refractivity (Wildman–Crippen MR) is 133 cm³/mol. The lowest BCUT2D eigenvalue weighted by atomic mass is 9.97. The van der Waals surface area contributed by atoms with Crippen LogP contribution in [0.1, 0.15) is 67.3 Å². The molecule has 1 N–H and O–H groups in total. The number of aryl methyl sites for hydroxylation is 2. The molecule has 0 atom stereocenters. The van der Waals surface area contributed by atoms with Gasteiger partial charge in [-0.15, -0.1) is 0 Å². The monoisotopic (exact) mass is 414 g/mol. The van der Waals surface area contributed by atoms with Gasteiger partial charge in [0.25, 0.3) is 0 Å². The summed E-state index contributed by atoms with van der Waals surface area (Å²) in [6.45, 7) is 13.1. The van der Waals surface area contributed by atoms with Crippen LogP contribution in [0.5, 0.6) is 5.75 Å². The molecule has 3 nitrogen and oxygen atoms in total. The van der Waals surface area contributed by atoms with E-state index in [-0.39, 0.29) is 0 Å². The molecule has 0 spiro atoms. The van der Waals surface area contributed by atoms with Crippen LogP contribution in [0, 0.1) is 13.8 Å². The number of aliphatic imine (C=N–C) groups is 1. The van der Waals surface area contributed by atoms with Crippen LogP contribution in [0.3, 0.4) is 0 Å². The van der Waals surface area contributed by atoms with Gasteiger partial charge in [0.2, 0.25) is 0 Å². The van der Waals surface area contributed by atoms with Crippen LogP contribution in [0.2, 0.25) is 0 Å². The molecule has 3 rings (SSSR count). The fraction of sp³-hybridized carbons (Fsp3) is 0.321. The number of rotatable bonds is 6. The molecule has 3 aromatic rings. The molecule has 0 unspecified atom stereocenters. The fourth-order valence-electron chi connectivity index (χ4n) is 3.81. The third kappa shape index (κ3) is 5.16. The number of nitrogens with zero attached hydrogens (tertiary/aromatic N) is 1. The van der Waals surface area contributed by atoms with Crippen LogP contribution in [0.25, 0.3) is 0 Å². The van der Waals surface area contributed by atoms with E-state index in [4.69, 9.17) is 9.73 Å². The van der Waals surface area contributed by atoms with Gasteiger partial charge in [0, 0.05) is 11.3 Å². The minimum atomic E-state index is 0.384. The number of ether oxygens (including phenoxy) is 1. The van der Waals surface area contributed by atoms with Crippen molar-refractivity contribution in [2.75, 3.05) is 12.4 Å². The Kier molecular flexibility index (Phi) is 7.17. The largest absolute Gasteiger partial charge is 0.497 e. The minimum absolute atomic E-state index is 0.384. The first-order chi connectivity index (χ1) is 14.8. The number of hydrogen-bond acceptors (Lipinski definition) is 2. The molecule has 0 amide bonds. The zero-order valence-electron chi connectivity index (χ0n) is 19.8. The topological polar surface area (TPSA) is 33.6 Å². The molecule has 0 saturated heterocycles. The summed E-state index contributed by atoms with van der Waals surface area (Å²) in [6.07, 6.45) is 0. The number of para-hydroxylation sites is 2. The molecular formula is C28H34N2O. The summed E-state index contributed by atoms with van der Waals surface area (Å²) < 4.78 is 5.49. The normalized spacial score (nSPS) is 11.8. The van der Waals surface area contributed by atoms with Gasteiger partial charge in [0.15, 0.2) is 0 Å². The number of benzene rings is 3. The Morgan fingerprint density at radius 1 is 0.806 bits per heavy atom. The van der Waals surface area contributed by atoms with Crippen LogP contribution in [0.4, 0.5) is 11.4 Å². The van der Waals surface area contributed by atoms with E-state index < -0.39 is 0 Å². The van der Waals surface area contributed by atoms with Gasteiger partial charge in [-0.05, 0) is 60.1 Å². The highest BCUT2D eigenvalue weighted by Crippen LogP contribution is 2.33. The number of hydrogen-bond donors (Lipinski definition) is 1. The Morgan fingerprint density at radius 2 is 1.42 bits per heavy atom. The van der Waals surface area contributed by atoms with E-state index in [1.165, 1.54) is 22.3 Å². The Bertz CT molecular complexity index is 1080. The smallest absolute Gasteiger partial charge is 0.138 e. The highest BCUT2D eigenvalue weighted by Gasteiger charge is 2.15. The van der Waals surface area contributed by atoms with Crippen molar-refractivity contribution in [3.8, 4) is 5.75 Å². The average Bonchev–Trinajstić information content (AvgIpc) is 2.75. The molecule has 0 aromatic heterocycles. The lowest BCUT2D eigenvalue weighted by Crippen LogP contribution is -2.16. The van der Waals surface area contributed by atoms with Crippen LogP contribution in [0.15, 0.2) is 65.7 Å². The molecular weight excluding hydrogens is 380 g/mol. The number of anilines is 1. The molecule has 3 aromatic carbocycles. The first kappa shape index (κ1) is 22.6. The third-order valence-electron chi connectivity index (χ3n) is 5.63. The quantitative estimate of drug-likeness (QED) is 0.330. The van der Waals surface area contributed by atoms with Crippen LogP contribution in [-0.4, -0.2) is 12.9 Å². The van der Waals surface area contributed by atoms with E-state index in [2.05, 4.69) is 89.3 Å². The molecule has 0 aliphatic carbocycles. The lowest BCUT2D eigenvalue weighted by molar-refractivity contribution is 0.414. The standard InChI is InChI=1S/C28H34N2O/c1-18(2)24-15-8-11-20(5)26(24)29-28(22-13-10-14-23(17-22)31-7)30-27-21(6)12-9-16-25(27)19(3)4/h8-19H,1-7H3,(H,29,30). The third-order valence-corrected chi connectivity index (χ3v) is 5.63. The van der Waals surface area contributed by atoms with Crippen LogP contribution in [-0.2, 0) is 0 Å². The van der Waals surface area contributed by atoms with Crippen molar-refractivity contribution in [2.24, 2.45) is 4.99 Å². The van der Waals surface area contributed by atoms with Crippen molar-refractivity contribution in [3.63, 3.8) is 0 Å². The van der Waals surface area contributed by atoms with Gasteiger partial charge in [0.1, 0.15) is 11.6 Å². The summed E-state index contributed by atoms with van der Waals surface area (Å²) >= 11 is 0. The van der Waals surface area contributed by atoms with E-state index in [0.29, 0.717) is 11.8 Å². The molecule has 162 valence electrons. The van der Waals surface area contributed by atoms with Gasteiger partial charge in [-0.3, -0.25) is 0 Å². The van der Waals surface area contributed by atoms with Crippen molar-refractivity contribution in [3.05, 3.63) is 88.5 Å². The van der Waals surface area contributed by atoms with Gasteiger partial charge in [-0.25, -0.2) is 4.99 Å². The SMILES string of the molecule is COc1cccc(C(=Nc2c(C)cccc2C(C)C)Nc2c(C)cccc2C(C)C)c1. The van der Waals surface area contributed by atoms with Crippen molar-refractivity contribution in [1.29, 1.82) is 0 Å². The average molecular weight is 415 g/mol. The summed E-state index contributed by atoms with van der Waals surface area (Å²) in [4.78, 5) is 5.21. The summed E-state index contributed by atoms with van der Waals surface area (Å²) in [5, 5.41) is 3.70. The van der Waals surface area contributed by atoms with E-state index in [0.717, 1.165) is 28.5 Å². The van der Waals surface area contributed by atoms with E-state index in [1.54, 1.807) is 7.11 Å². The summed E-state index contributed by atoms with van der Waals surface area (Å²) in [5.74, 6) is 2.43. The molecule has 0 fully saturated rings. The summed E-state index contributed by atoms with van der Waals surface area (Å²) in [6, 6.07) is 20.9. The zero-order valence-corrected chi connectivity index (χ0v) is 19.8. The lowest BCUT2D eigenvalue weighted by Gasteiger charge is -2.20. The molecule has 0 radical (unpaired) electrons.